The van der Waals surface area contributed by atoms with Gasteiger partial charge in [-0.25, -0.2) is 9.59 Å². The standard InChI is InChI=1S/C21H20O8/c22-14-15(23)18-21(29-18,11-27-19(25)12-7-3-1-4-8-12)17(24)16(14)28-20(26)13-9-5-2-6-10-13/h1-10,14-18,22-24H,11H2. The van der Waals surface area contributed by atoms with Crippen LogP contribution in [0.5, 0.6) is 0 Å². The number of aliphatic hydroxyl groups excluding tert-OH is 3. The van der Waals surface area contributed by atoms with Gasteiger partial charge in [-0.05, 0) is 24.3 Å². The largest absolute Gasteiger partial charge is 0.459 e. The first-order valence-electron chi connectivity index (χ1n) is 9.14. The molecule has 6 unspecified atom stereocenters. The number of ether oxygens (including phenoxy) is 3. The summed E-state index contributed by atoms with van der Waals surface area (Å²) in [7, 11) is 0. The topological polar surface area (TPSA) is 126 Å². The maximum absolute atomic E-state index is 12.3. The van der Waals surface area contributed by atoms with Crippen LogP contribution in [0, 0.1) is 0 Å². The molecule has 152 valence electrons. The maximum Gasteiger partial charge on any atom is 0.338 e. The number of aliphatic hydroxyl groups is 3. The van der Waals surface area contributed by atoms with Crippen molar-refractivity contribution in [1.29, 1.82) is 0 Å². The monoisotopic (exact) mass is 400 g/mol. The van der Waals surface area contributed by atoms with Crippen LogP contribution in [-0.4, -0.2) is 70.0 Å². The van der Waals surface area contributed by atoms with Gasteiger partial charge in [-0.15, -0.1) is 0 Å². The number of esters is 2. The number of carbonyl (C=O) groups excluding carboxylic acids is 2. The molecule has 1 aliphatic carbocycles. The molecule has 0 spiro atoms. The van der Waals surface area contributed by atoms with Gasteiger partial charge < -0.3 is 29.5 Å². The first-order valence-corrected chi connectivity index (χ1v) is 9.14. The second-order valence-electron chi connectivity index (χ2n) is 7.10. The highest BCUT2D eigenvalue weighted by Crippen LogP contribution is 2.49. The van der Waals surface area contributed by atoms with Gasteiger partial charge in [-0.1, -0.05) is 36.4 Å². The first kappa shape index (κ1) is 19.5. The molecule has 29 heavy (non-hydrogen) atoms. The van der Waals surface area contributed by atoms with Gasteiger partial charge in [0.25, 0.3) is 0 Å². The number of rotatable bonds is 5. The lowest BCUT2D eigenvalue weighted by molar-refractivity contribution is -0.146. The fraction of sp³-hybridized carbons (Fsp3) is 0.333. The fourth-order valence-corrected chi connectivity index (χ4v) is 3.57. The fourth-order valence-electron chi connectivity index (χ4n) is 3.57. The highest BCUT2D eigenvalue weighted by Gasteiger charge is 2.73. The molecule has 6 atom stereocenters. The zero-order valence-corrected chi connectivity index (χ0v) is 15.3. The summed E-state index contributed by atoms with van der Waals surface area (Å²) in [4.78, 5) is 24.5. The lowest BCUT2D eigenvalue weighted by Gasteiger charge is -2.36. The summed E-state index contributed by atoms with van der Waals surface area (Å²) in [6.45, 7) is -0.365. The Balaban J connectivity index is 1.47. The molecule has 3 N–H and O–H groups in total. The van der Waals surface area contributed by atoms with E-state index in [-0.39, 0.29) is 12.2 Å². The van der Waals surface area contributed by atoms with E-state index in [4.69, 9.17) is 14.2 Å². The normalized spacial score (nSPS) is 32.7. The lowest BCUT2D eigenvalue weighted by atomic mass is 9.81. The third-order valence-electron chi connectivity index (χ3n) is 5.27. The van der Waals surface area contributed by atoms with Gasteiger partial charge in [0.2, 0.25) is 0 Å². The Labute approximate surface area is 166 Å². The highest BCUT2D eigenvalue weighted by molar-refractivity contribution is 5.90. The van der Waals surface area contributed by atoms with Gasteiger partial charge in [0, 0.05) is 0 Å². The van der Waals surface area contributed by atoms with Crippen LogP contribution in [-0.2, 0) is 14.2 Å². The van der Waals surface area contributed by atoms with Gasteiger partial charge >= 0.3 is 11.9 Å². The van der Waals surface area contributed by atoms with E-state index in [0.29, 0.717) is 5.56 Å². The molecule has 1 saturated carbocycles. The molecule has 0 amide bonds. The molecule has 1 aliphatic heterocycles. The number of hydrogen-bond donors (Lipinski definition) is 3. The van der Waals surface area contributed by atoms with Gasteiger partial charge in [0.1, 0.15) is 31.0 Å². The third-order valence-corrected chi connectivity index (χ3v) is 5.27. The SMILES string of the molecule is O=C(OCC12OC1C(O)C(O)C(OC(=O)c1ccccc1)C2O)c1ccccc1. The zero-order chi connectivity index (χ0) is 20.6. The zero-order valence-electron chi connectivity index (χ0n) is 15.3. The summed E-state index contributed by atoms with van der Waals surface area (Å²) in [6.07, 6.45) is -6.86. The molecule has 2 aromatic rings. The molecule has 2 fully saturated rings. The minimum atomic E-state index is -1.55. The van der Waals surface area contributed by atoms with Crippen molar-refractivity contribution in [3.63, 3.8) is 0 Å². The van der Waals surface area contributed by atoms with Crippen LogP contribution in [0.25, 0.3) is 0 Å². The Bertz CT molecular complexity index is 886. The van der Waals surface area contributed by atoms with E-state index < -0.39 is 48.1 Å². The van der Waals surface area contributed by atoms with E-state index in [1.165, 1.54) is 12.1 Å². The van der Waals surface area contributed by atoms with Gasteiger partial charge in [0.05, 0.1) is 11.1 Å². The van der Waals surface area contributed by atoms with Crippen molar-refractivity contribution in [2.75, 3.05) is 6.61 Å². The van der Waals surface area contributed by atoms with Crippen molar-refractivity contribution < 1.29 is 39.1 Å². The number of fused-ring (bicyclic) bond motifs is 1. The summed E-state index contributed by atoms with van der Waals surface area (Å²) in [6, 6.07) is 16.3. The summed E-state index contributed by atoms with van der Waals surface area (Å²) in [5, 5.41) is 31.3. The van der Waals surface area contributed by atoms with Crippen LogP contribution in [0.1, 0.15) is 20.7 Å². The number of benzene rings is 2. The summed E-state index contributed by atoms with van der Waals surface area (Å²) < 4.78 is 15.9. The molecule has 0 radical (unpaired) electrons. The molecular weight excluding hydrogens is 380 g/mol. The van der Waals surface area contributed by atoms with E-state index in [2.05, 4.69) is 0 Å². The Hall–Kier alpha value is -2.78. The Morgan fingerprint density at radius 2 is 1.41 bits per heavy atom. The molecule has 1 heterocycles. The Kier molecular flexibility index (Phi) is 5.10. The number of epoxide rings is 1. The van der Waals surface area contributed by atoms with Crippen LogP contribution in [0.4, 0.5) is 0 Å². The van der Waals surface area contributed by atoms with Crippen LogP contribution >= 0.6 is 0 Å². The maximum atomic E-state index is 12.3. The second kappa shape index (κ2) is 7.57. The third kappa shape index (κ3) is 3.51. The van der Waals surface area contributed by atoms with Gasteiger partial charge in [0.15, 0.2) is 11.7 Å². The van der Waals surface area contributed by atoms with E-state index in [9.17, 15) is 24.9 Å². The lowest BCUT2D eigenvalue weighted by Crippen LogP contribution is -2.61. The van der Waals surface area contributed by atoms with Crippen molar-refractivity contribution in [1.82, 2.24) is 0 Å². The van der Waals surface area contributed by atoms with Crippen molar-refractivity contribution in [2.45, 2.75) is 36.1 Å². The molecule has 0 bridgehead atoms. The van der Waals surface area contributed by atoms with Crippen LogP contribution in [0.15, 0.2) is 60.7 Å². The van der Waals surface area contributed by atoms with Crippen LogP contribution in [0.3, 0.4) is 0 Å². The predicted molar refractivity (Wildman–Crippen MR) is 98.0 cm³/mol. The van der Waals surface area contributed by atoms with Crippen molar-refractivity contribution in [3.8, 4) is 0 Å². The summed E-state index contributed by atoms with van der Waals surface area (Å²) >= 11 is 0. The van der Waals surface area contributed by atoms with Crippen molar-refractivity contribution >= 4 is 11.9 Å². The van der Waals surface area contributed by atoms with Crippen molar-refractivity contribution in [3.05, 3.63) is 71.8 Å². The van der Waals surface area contributed by atoms with E-state index in [1.807, 2.05) is 0 Å². The molecule has 2 aromatic carbocycles. The number of carbonyl (C=O) groups is 2. The van der Waals surface area contributed by atoms with E-state index in [0.717, 1.165) is 0 Å². The van der Waals surface area contributed by atoms with Crippen LogP contribution in [0.2, 0.25) is 0 Å². The van der Waals surface area contributed by atoms with Crippen molar-refractivity contribution in [2.24, 2.45) is 0 Å². The molecule has 8 nitrogen and oxygen atoms in total. The average molecular weight is 400 g/mol. The van der Waals surface area contributed by atoms with Gasteiger partial charge in [-0.3, -0.25) is 0 Å². The first-order chi connectivity index (χ1) is 13.9. The Morgan fingerprint density at radius 1 is 0.862 bits per heavy atom. The molecule has 4 rings (SSSR count). The minimum Gasteiger partial charge on any atom is -0.459 e. The molecular formula is C21H20O8. The van der Waals surface area contributed by atoms with E-state index >= 15 is 0 Å². The summed E-state index contributed by atoms with van der Waals surface area (Å²) in [5.74, 6) is -1.39. The molecule has 1 saturated heterocycles. The summed E-state index contributed by atoms with van der Waals surface area (Å²) in [5.41, 5.74) is -0.908. The van der Waals surface area contributed by atoms with Gasteiger partial charge in [-0.2, -0.15) is 0 Å². The van der Waals surface area contributed by atoms with E-state index in [1.54, 1.807) is 48.5 Å². The molecule has 2 aliphatic rings. The average Bonchev–Trinajstić information content (AvgIpc) is 3.51. The number of hydrogen-bond acceptors (Lipinski definition) is 8. The minimum absolute atomic E-state index is 0.227. The molecule has 8 heteroatoms. The highest BCUT2D eigenvalue weighted by atomic mass is 16.7. The predicted octanol–water partition coefficient (Wildman–Crippen LogP) is 0.303. The molecule has 0 aromatic heterocycles. The van der Waals surface area contributed by atoms with Crippen LogP contribution < -0.4 is 0 Å². The smallest absolute Gasteiger partial charge is 0.338 e. The Morgan fingerprint density at radius 3 is 2.00 bits per heavy atom. The second-order valence-corrected chi connectivity index (χ2v) is 7.10. The quantitative estimate of drug-likeness (QED) is 0.483.